The van der Waals surface area contributed by atoms with E-state index < -0.39 is 0 Å². The molecule has 1 aliphatic heterocycles. The second kappa shape index (κ2) is 14.1. The first kappa shape index (κ1) is 29.9. The molecule has 0 aliphatic carbocycles. The van der Waals surface area contributed by atoms with Gasteiger partial charge in [0.2, 0.25) is 5.91 Å². The molecule has 1 fully saturated rings. The molecule has 226 valence electrons. The quantitative estimate of drug-likeness (QED) is 0.109. The highest BCUT2D eigenvalue weighted by Crippen LogP contribution is 2.44. The van der Waals surface area contributed by atoms with Crippen molar-refractivity contribution in [3.05, 3.63) is 156 Å². The molecule has 1 heterocycles. The molecule has 1 aliphatic rings. The Morgan fingerprint density at radius 1 is 0.689 bits per heavy atom. The summed E-state index contributed by atoms with van der Waals surface area (Å²) in [5.74, 6) is 1.20. The van der Waals surface area contributed by atoms with E-state index in [1.54, 1.807) is 14.2 Å². The third kappa shape index (κ3) is 6.82. The standard InChI is InChI=1S/C39H37N3O3/c1-44-34-22-18-32(19-23-34)40-26-36-37(39(43)42(36)33-20-24-35(45-2)25-21-33)38(31-16-10-5-11-17-31)41(27-29-12-6-3-7-13-29)28-30-14-8-4-9-15-30/h3-26,36-38H,27-28H2,1-2H3/t36-,37+,38+/m1/s1. The van der Waals surface area contributed by atoms with Crippen LogP contribution in [0.15, 0.2) is 145 Å². The van der Waals surface area contributed by atoms with Crippen molar-refractivity contribution < 1.29 is 14.3 Å². The van der Waals surface area contributed by atoms with Crippen molar-refractivity contribution in [3.8, 4) is 11.5 Å². The summed E-state index contributed by atoms with van der Waals surface area (Å²) in [4.78, 5) is 23.6. The summed E-state index contributed by atoms with van der Waals surface area (Å²) in [6.07, 6.45) is 1.93. The number of rotatable bonds is 12. The lowest BCUT2D eigenvalue weighted by Gasteiger charge is -2.51. The number of β-lactam (4-membered cyclic amide) rings is 1. The molecule has 6 heteroatoms. The van der Waals surface area contributed by atoms with Crippen LogP contribution in [0.2, 0.25) is 0 Å². The largest absolute Gasteiger partial charge is 0.497 e. The monoisotopic (exact) mass is 595 g/mol. The minimum atomic E-state index is -0.371. The summed E-state index contributed by atoms with van der Waals surface area (Å²) in [7, 11) is 3.29. The first-order valence-electron chi connectivity index (χ1n) is 15.2. The van der Waals surface area contributed by atoms with E-state index in [-0.39, 0.29) is 23.9 Å². The van der Waals surface area contributed by atoms with E-state index >= 15 is 0 Å². The SMILES string of the molecule is COc1ccc(N=C[C@@H]2[C@@H]([C@H](c3ccccc3)N(Cc3ccccc3)Cc3ccccc3)C(=O)N2c2ccc(OC)cc2)cc1. The summed E-state index contributed by atoms with van der Waals surface area (Å²) in [5, 5.41) is 0. The number of carbonyl (C=O) groups is 1. The number of hydrogen-bond acceptors (Lipinski definition) is 5. The molecule has 3 atom stereocenters. The van der Waals surface area contributed by atoms with Gasteiger partial charge in [0, 0.05) is 31.0 Å². The smallest absolute Gasteiger partial charge is 0.235 e. The van der Waals surface area contributed by atoms with Crippen molar-refractivity contribution >= 4 is 23.5 Å². The molecule has 1 saturated heterocycles. The van der Waals surface area contributed by atoms with Crippen LogP contribution in [0.3, 0.4) is 0 Å². The average molecular weight is 596 g/mol. The van der Waals surface area contributed by atoms with Crippen molar-refractivity contribution in [2.75, 3.05) is 19.1 Å². The molecule has 0 N–H and O–H groups in total. The molecular formula is C39H37N3O3. The first-order chi connectivity index (χ1) is 22.1. The van der Waals surface area contributed by atoms with Crippen molar-refractivity contribution in [1.82, 2.24) is 4.90 Å². The molecular weight excluding hydrogens is 558 g/mol. The normalized spacial score (nSPS) is 16.9. The number of anilines is 1. The van der Waals surface area contributed by atoms with Crippen LogP contribution in [-0.2, 0) is 17.9 Å². The third-order valence-corrected chi connectivity index (χ3v) is 8.32. The zero-order valence-electron chi connectivity index (χ0n) is 25.6. The van der Waals surface area contributed by atoms with Crippen LogP contribution in [0.5, 0.6) is 11.5 Å². The second-order valence-corrected chi connectivity index (χ2v) is 11.1. The number of aliphatic imine (C=N–C) groups is 1. The number of ether oxygens (including phenoxy) is 2. The van der Waals surface area contributed by atoms with Gasteiger partial charge in [-0.2, -0.15) is 0 Å². The highest BCUT2D eigenvalue weighted by atomic mass is 16.5. The maximum atomic E-state index is 14.4. The molecule has 45 heavy (non-hydrogen) atoms. The molecule has 0 unspecified atom stereocenters. The lowest BCUT2D eigenvalue weighted by atomic mass is 9.77. The van der Waals surface area contributed by atoms with Crippen LogP contribution in [0.25, 0.3) is 0 Å². The maximum Gasteiger partial charge on any atom is 0.235 e. The average Bonchev–Trinajstić information content (AvgIpc) is 3.10. The zero-order chi connectivity index (χ0) is 31.0. The van der Waals surface area contributed by atoms with Gasteiger partial charge < -0.3 is 14.4 Å². The summed E-state index contributed by atoms with van der Waals surface area (Å²) in [6.45, 7) is 1.37. The Labute approximate surface area is 265 Å². The van der Waals surface area contributed by atoms with Gasteiger partial charge >= 0.3 is 0 Å². The summed E-state index contributed by atoms with van der Waals surface area (Å²) in [5.41, 5.74) is 5.09. The van der Waals surface area contributed by atoms with Gasteiger partial charge in [0.15, 0.2) is 0 Å². The van der Waals surface area contributed by atoms with E-state index in [0.717, 1.165) is 28.4 Å². The summed E-state index contributed by atoms with van der Waals surface area (Å²) in [6, 6.07) is 46.1. The van der Waals surface area contributed by atoms with E-state index in [9.17, 15) is 4.79 Å². The number of methoxy groups -OCH3 is 2. The summed E-state index contributed by atoms with van der Waals surface area (Å²) >= 11 is 0. The van der Waals surface area contributed by atoms with Gasteiger partial charge in [-0.1, -0.05) is 91.0 Å². The fourth-order valence-electron chi connectivity index (χ4n) is 6.07. The third-order valence-electron chi connectivity index (χ3n) is 8.32. The fourth-order valence-corrected chi connectivity index (χ4v) is 6.07. The molecule has 0 radical (unpaired) electrons. The fraction of sp³-hybridized carbons (Fsp3) is 0.179. The molecule has 0 spiro atoms. The first-order valence-corrected chi connectivity index (χ1v) is 15.2. The second-order valence-electron chi connectivity index (χ2n) is 11.1. The molecule has 5 aromatic rings. The molecule has 0 saturated carbocycles. The summed E-state index contributed by atoms with van der Waals surface area (Å²) < 4.78 is 10.7. The lowest BCUT2D eigenvalue weighted by Crippen LogP contribution is -2.65. The van der Waals surface area contributed by atoms with Crippen molar-refractivity contribution in [2.24, 2.45) is 10.9 Å². The van der Waals surface area contributed by atoms with Crippen LogP contribution < -0.4 is 14.4 Å². The van der Waals surface area contributed by atoms with Gasteiger partial charge in [0.25, 0.3) is 0 Å². The van der Waals surface area contributed by atoms with Gasteiger partial charge in [-0.25, -0.2) is 0 Å². The zero-order valence-corrected chi connectivity index (χ0v) is 25.6. The predicted molar refractivity (Wildman–Crippen MR) is 180 cm³/mol. The Hall–Kier alpha value is -5.20. The number of benzene rings is 5. The Bertz CT molecular complexity index is 1650. The Kier molecular flexibility index (Phi) is 9.33. The molecule has 6 rings (SSSR count). The minimum absolute atomic E-state index is 0.0614. The minimum Gasteiger partial charge on any atom is -0.497 e. The maximum absolute atomic E-state index is 14.4. The van der Waals surface area contributed by atoms with Crippen LogP contribution in [-0.4, -0.2) is 37.3 Å². The van der Waals surface area contributed by atoms with Crippen LogP contribution >= 0.6 is 0 Å². The Morgan fingerprint density at radius 3 is 1.69 bits per heavy atom. The van der Waals surface area contributed by atoms with Crippen LogP contribution in [0.4, 0.5) is 11.4 Å². The van der Waals surface area contributed by atoms with Crippen molar-refractivity contribution in [3.63, 3.8) is 0 Å². The Balaban J connectivity index is 1.43. The van der Waals surface area contributed by atoms with E-state index in [0.29, 0.717) is 13.1 Å². The molecule has 0 bridgehead atoms. The van der Waals surface area contributed by atoms with Crippen LogP contribution in [0, 0.1) is 5.92 Å². The molecule has 5 aromatic carbocycles. The van der Waals surface area contributed by atoms with E-state index in [1.165, 1.54) is 11.1 Å². The van der Waals surface area contributed by atoms with E-state index in [2.05, 4.69) is 77.7 Å². The van der Waals surface area contributed by atoms with Crippen molar-refractivity contribution in [1.29, 1.82) is 0 Å². The molecule has 0 aromatic heterocycles. The van der Waals surface area contributed by atoms with Crippen LogP contribution in [0.1, 0.15) is 22.7 Å². The molecule has 1 amide bonds. The highest BCUT2D eigenvalue weighted by molar-refractivity contribution is 6.09. The number of amides is 1. The van der Waals surface area contributed by atoms with Gasteiger partial charge in [0.1, 0.15) is 11.5 Å². The van der Waals surface area contributed by atoms with Gasteiger partial charge in [-0.05, 0) is 65.2 Å². The number of nitrogens with zero attached hydrogens (tertiary/aromatic N) is 3. The highest BCUT2D eigenvalue weighted by Gasteiger charge is 2.53. The lowest BCUT2D eigenvalue weighted by molar-refractivity contribution is -0.132. The predicted octanol–water partition coefficient (Wildman–Crippen LogP) is 7.88. The Morgan fingerprint density at radius 2 is 1.18 bits per heavy atom. The van der Waals surface area contributed by atoms with Gasteiger partial charge in [-0.3, -0.25) is 14.7 Å². The topological polar surface area (TPSA) is 54.4 Å². The number of carbonyl (C=O) groups excluding carboxylic acids is 1. The van der Waals surface area contributed by atoms with Gasteiger partial charge in [0.05, 0.1) is 31.9 Å². The van der Waals surface area contributed by atoms with Crippen molar-refractivity contribution in [2.45, 2.75) is 25.2 Å². The van der Waals surface area contributed by atoms with Gasteiger partial charge in [-0.15, -0.1) is 0 Å². The molecule has 6 nitrogen and oxygen atoms in total. The number of hydrogen-bond donors (Lipinski definition) is 0. The van der Waals surface area contributed by atoms with E-state index in [4.69, 9.17) is 14.5 Å². The van der Waals surface area contributed by atoms with E-state index in [1.807, 2.05) is 77.8 Å².